The van der Waals surface area contributed by atoms with Gasteiger partial charge in [-0.2, -0.15) is 0 Å². The van der Waals surface area contributed by atoms with Gasteiger partial charge in [0.05, 0.1) is 0 Å². The lowest BCUT2D eigenvalue weighted by Gasteiger charge is -2.50. The minimum atomic E-state index is -3.53. The van der Waals surface area contributed by atoms with Gasteiger partial charge in [-0.05, 0) is 55.4 Å². The summed E-state index contributed by atoms with van der Waals surface area (Å²) in [7, 11) is 0. The number of ether oxygens (including phenoxy) is 4. The average molecular weight is 647 g/mol. The smallest absolute Gasteiger partial charge is 0.363 e. The molecule has 0 aliphatic carbocycles. The van der Waals surface area contributed by atoms with E-state index in [1.165, 1.54) is 0 Å². The molecule has 3 rings (SSSR count). The molecule has 46 heavy (non-hydrogen) atoms. The lowest BCUT2D eigenvalue weighted by Crippen LogP contribution is -2.79. The molecule has 12 heteroatoms. The van der Waals surface area contributed by atoms with Crippen molar-refractivity contribution in [2.75, 3.05) is 0 Å². The van der Waals surface area contributed by atoms with Gasteiger partial charge in [0.1, 0.15) is 6.10 Å². The van der Waals surface area contributed by atoms with Crippen molar-refractivity contribution >= 4 is 23.9 Å². The van der Waals surface area contributed by atoms with Gasteiger partial charge in [0.25, 0.3) is 5.60 Å². The quantitative estimate of drug-likeness (QED) is 0.115. The molecule has 1 aromatic rings. The Morgan fingerprint density at radius 1 is 1.04 bits per heavy atom. The number of hydrogen-bond donors (Lipinski definition) is 4. The van der Waals surface area contributed by atoms with E-state index >= 15 is 0 Å². The maximum Gasteiger partial charge on any atom is 0.363 e. The SMILES string of the molecule is C=CC1OC2(OC(C)=O)O[C@](C(=O)O)(C1(O)C(=O)O)[C@](CCC[C@H](CC)c1ccccc1)(OC(=O)C=C[C@@H](C)C[C@@H](C)CC)[C@H]2O. The molecule has 0 radical (unpaired) electrons. The summed E-state index contributed by atoms with van der Waals surface area (Å²) in [6, 6.07) is 9.46. The molecule has 2 heterocycles. The van der Waals surface area contributed by atoms with Crippen molar-refractivity contribution in [2.24, 2.45) is 11.8 Å². The lowest BCUT2D eigenvalue weighted by atomic mass is 9.65. The molecule has 3 unspecified atom stereocenters. The number of carbonyl (C=O) groups excluding carboxylic acids is 2. The topological polar surface area (TPSA) is 186 Å². The van der Waals surface area contributed by atoms with E-state index in [1.807, 2.05) is 51.1 Å². The van der Waals surface area contributed by atoms with Crippen LogP contribution < -0.4 is 0 Å². The number of carbonyl (C=O) groups is 4. The summed E-state index contributed by atoms with van der Waals surface area (Å²) >= 11 is 0. The van der Waals surface area contributed by atoms with E-state index in [0.29, 0.717) is 18.8 Å². The van der Waals surface area contributed by atoms with Crippen LogP contribution in [0.4, 0.5) is 0 Å². The van der Waals surface area contributed by atoms with Crippen molar-refractivity contribution in [2.45, 2.75) is 114 Å². The van der Waals surface area contributed by atoms with Gasteiger partial charge in [-0.1, -0.05) is 76.6 Å². The molecule has 0 aromatic heterocycles. The number of esters is 2. The molecule has 0 amide bonds. The molecule has 12 nitrogen and oxygen atoms in total. The Morgan fingerprint density at radius 3 is 2.22 bits per heavy atom. The fourth-order valence-electron chi connectivity index (χ4n) is 6.74. The number of aliphatic carboxylic acids is 2. The molecule has 2 bridgehead atoms. The number of aliphatic hydroxyl groups excluding tert-OH is 1. The number of hydrogen-bond acceptors (Lipinski definition) is 10. The average Bonchev–Trinajstić information content (AvgIpc) is 3.18. The maximum absolute atomic E-state index is 13.5. The van der Waals surface area contributed by atoms with Gasteiger partial charge in [-0.15, -0.1) is 6.58 Å². The van der Waals surface area contributed by atoms with Crippen LogP contribution >= 0.6 is 0 Å². The van der Waals surface area contributed by atoms with Gasteiger partial charge in [0.2, 0.25) is 5.60 Å². The molecule has 0 saturated carbocycles. The summed E-state index contributed by atoms with van der Waals surface area (Å²) in [4.78, 5) is 52.0. The Labute approximate surface area is 269 Å². The van der Waals surface area contributed by atoms with Crippen LogP contribution in [-0.2, 0) is 38.1 Å². The summed E-state index contributed by atoms with van der Waals surface area (Å²) < 4.78 is 22.3. The Balaban J connectivity index is 2.21. The van der Waals surface area contributed by atoms with Gasteiger partial charge in [-0.3, -0.25) is 9.53 Å². The van der Waals surface area contributed by atoms with Gasteiger partial charge < -0.3 is 34.6 Å². The minimum Gasteiger partial charge on any atom is -0.479 e. The van der Waals surface area contributed by atoms with E-state index in [9.17, 15) is 39.6 Å². The summed E-state index contributed by atoms with van der Waals surface area (Å²) in [6.45, 7) is 12.3. The molecule has 2 aliphatic heterocycles. The van der Waals surface area contributed by atoms with Crippen molar-refractivity contribution < 1.29 is 58.6 Å². The second-order valence-electron chi connectivity index (χ2n) is 12.3. The van der Waals surface area contributed by atoms with Crippen LogP contribution in [0.2, 0.25) is 0 Å². The highest BCUT2D eigenvalue weighted by molar-refractivity contribution is 5.95. The summed E-state index contributed by atoms with van der Waals surface area (Å²) in [6.07, 6.45) is 1.08. The van der Waals surface area contributed by atoms with Crippen LogP contribution in [0.1, 0.15) is 84.6 Å². The molecule has 2 saturated heterocycles. The van der Waals surface area contributed by atoms with Crippen LogP contribution in [0.15, 0.2) is 55.1 Å². The first-order valence-corrected chi connectivity index (χ1v) is 15.6. The number of fused-ring (bicyclic) bond motifs is 2. The summed E-state index contributed by atoms with van der Waals surface area (Å²) in [5.41, 5.74) is -8.84. The molecule has 1 aromatic carbocycles. The first-order valence-electron chi connectivity index (χ1n) is 15.6. The largest absolute Gasteiger partial charge is 0.479 e. The Morgan fingerprint density at radius 2 is 1.70 bits per heavy atom. The number of allylic oxidation sites excluding steroid dienone is 1. The predicted molar refractivity (Wildman–Crippen MR) is 164 cm³/mol. The highest BCUT2D eigenvalue weighted by Crippen LogP contribution is 2.61. The third-order valence-corrected chi connectivity index (χ3v) is 9.21. The molecule has 2 fully saturated rings. The zero-order chi connectivity index (χ0) is 34.5. The highest BCUT2D eigenvalue weighted by atomic mass is 16.9. The Hall–Kier alpha value is -3.58. The van der Waals surface area contributed by atoms with E-state index in [4.69, 9.17) is 18.9 Å². The van der Waals surface area contributed by atoms with Crippen LogP contribution in [0, 0.1) is 11.8 Å². The van der Waals surface area contributed by atoms with Gasteiger partial charge in [-0.25, -0.2) is 14.4 Å². The number of benzene rings is 1. The lowest BCUT2D eigenvalue weighted by molar-refractivity contribution is -0.443. The first kappa shape index (κ1) is 36.9. The predicted octanol–water partition coefficient (Wildman–Crippen LogP) is 4.09. The van der Waals surface area contributed by atoms with E-state index < -0.39 is 65.3 Å². The minimum absolute atomic E-state index is 0.0483. The second-order valence-corrected chi connectivity index (χ2v) is 12.3. The molecular formula is C34H46O12. The van der Waals surface area contributed by atoms with Crippen LogP contribution in [-0.4, -0.2) is 79.3 Å². The van der Waals surface area contributed by atoms with E-state index in [2.05, 4.69) is 13.5 Å². The van der Waals surface area contributed by atoms with Crippen LogP contribution in [0.25, 0.3) is 0 Å². The van der Waals surface area contributed by atoms with Crippen molar-refractivity contribution in [3.8, 4) is 0 Å². The third kappa shape index (κ3) is 6.35. The zero-order valence-electron chi connectivity index (χ0n) is 27.0. The highest BCUT2D eigenvalue weighted by Gasteiger charge is 2.91. The second kappa shape index (κ2) is 14.5. The van der Waals surface area contributed by atoms with E-state index in [-0.39, 0.29) is 18.3 Å². The van der Waals surface area contributed by atoms with Gasteiger partial charge in [0, 0.05) is 13.0 Å². The van der Waals surface area contributed by atoms with Crippen molar-refractivity contribution in [3.63, 3.8) is 0 Å². The first-order chi connectivity index (χ1) is 21.6. The molecule has 2 aliphatic rings. The van der Waals surface area contributed by atoms with Crippen molar-refractivity contribution in [1.29, 1.82) is 0 Å². The monoisotopic (exact) mass is 646 g/mol. The Bertz CT molecular complexity index is 1310. The maximum atomic E-state index is 13.5. The number of aliphatic hydroxyl groups is 2. The van der Waals surface area contributed by atoms with Crippen molar-refractivity contribution in [3.05, 3.63) is 60.7 Å². The fraction of sp³-hybridized carbons (Fsp3) is 0.588. The Kier molecular flexibility index (Phi) is 11.6. The van der Waals surface area contributed by atoms with E-state index in [1.54, 1.807) is 6.08 Å². The molecular weight excluding hydrogens is 600 g/mol. The molecule has 9 atom stereocenters. The standard InChI is InChI=1S/C34H46O12/c1-7-21(4)20-22(5)17-18-27(36)45-31(19-13-16-24(8-2)25-14-11-10-12-15-25)28(37)34(43-23(6)35)44-26(9-3)32(42,29(38)39)33(31,46-34)30(40)41/h9-12,14-15,17-18,21-22,24,26,28,37,42H,3,7-8,13,16,19-20H2,1-2,4-6H3,(H,38,39)(H,40,41)/t21-,22+,24-,26?,28+,31+,32?,33-,34?/m0/s1. The summed E-state index contributed by atoms with van der Waals surface area (Å²) in [5.74, 6) is -9.24. The number of carboxylic acids is 2. The van der Waals surface area contributed by atoms with E-state index in [0.717, 1.165) is 37.5 Å². The normalized spacial score (nSPS) is 32.3. The molecule has 4 N–H and O–H groups in total. The third-order valence-electron chi connectivity index (χ3n) is 9.21. The molecule has 254 valence electrons. The van der Waals surface area contributed by atoms with Gasteiger partial charge in [0.15, 0.2) is 11.7 Å². The van der Waals surface area contributed by atoms with Crippen LogP contribution in [0.5, 0.6) is 0 Å². The van der Waals surface area contributed by atoms with Gasteiger partial charge >= 0.3 is 29.9 Å². The number of rotatable bonds is 16. The van der Waals surface area contributed by atoms with Crippen molar-refractivity contribution in [1.82, 2.24) is 0 Å². The summed E-state index contributed by atoms with van der Waals surface area (Å²) in [5, 5.41) is 45.0. The number of carboxylic acid groups (broad SMARTS) is 2. The van der Waals surface area contributed by atoms with Crippen LogP contribution in [0.3, 0.4) is 0 Å². The zero-order valence-corrected chi connectivity index (χ0v) is 27.0. The fourth-order valence-corrected chi connectivity index (χ4v) is 6.74. The molecule has 0 spiro atoms.